The number of rotatable bonds is 7. The van der Waals surface area contributed by atoms with Crippen molar-refractivity contribution in [1.82, 2.24) is 0 Å². The third kappa shape index (κ3) is 4.29. The number of anilines is 1. The van der Waals surface area contributed by atoms with Gasteiger partial charge in [-0.3, -0.25) is 9.59 Å². The van der Waals surface area contributed by atoms with Crippen LogP contribution in [0.1, 0.15) is 40.6 Å². The fraction of sp³-hybridized carbons (Fsp3) is 0.533. The first-order valence-electron chi connectivity index (χ1n) is 7.46. The number of thiophene rings is 1. The molecule has 1 heterocycles. The van der Waals surface area contributed by atoms with Crippen LogP contribution in [0.3, 0.4) is 0 Å². The number of hydrogen-bond donors (Lipinski definition) is 3. The number of carbonyl (C=O) groups is 3. The number of primary amides is 1. The van der Waals surface area contributed by atoms with Crippen LogP contribution in [0.25, 0.3) is 0 Å². The molecule has 0 aliphatic heterocycles. The Morgan fingerprint density at radius 3 is 2.74 bits per heavy atom. The predicted octanol–water partition coefficient (Wildman–Crippen LogP) is 1.40. The molecule has 1 atom stereocenters. The van der Waals surface area contributed by atoms with Gasteiger partial charge >= 0.3 is 5.97 Å². The van der Waals surface area contributed by atoms with Gasteiger partial charge in [0, 0.05) is 4.88 Å². The number of carboxylic acid groups (broad SMARTS) is 1. The van der Waals surface area contributed by atoms with Crippen molar-refractivity contribution in [3.05, 3.63) is 16.0 Å². The lowest BCUT2D eigenvalue weighted by Crippen LogP contribution is -2.23. The molecule has 0 fully saturated rings. The minimum absolute atomic E-state index is 0.381. The minimum Gasteiger partial charge on any atom is -0.480 e. The smallest absolute Gasteiger partial charge is 0.329 e. The van der Waals surface area contributed by atoms with E-state index in [1.165, 1.54) is 11.3 Å². The van der Waals surface area contributed by atoms with Crippen LogP contribution < -0.4 is 11.1 Å². The summed E-state index contributed by atoms with van der Waals surface area (Å²) in [5, 5.41) is 11.5. The van der Waals surface area contributed by atoms with E-state index in [1.54, 1.807) is 0 Å². The molecule has 0 spiro atoms. The van der Waals surface area contributed by atoms with Gasteiger partial charge in [0.15, 0.2) is 0 Å². The largest absolute Gasteiger partial charge is 0.480 e. The van der Waals surface area contributed by atoms with Crippen LogP contribution in [0, 0.1) is 5.92 Å². The van der Waals surface area contributed by atoms with Crippen molar-refractivity contribution in [3.8, 4) is 0 Å². The van der Waals surface area contributed by atoms with Crippen LogP contribution in [0.2, 0.25) is 0 Å². The molecule has 1 unspecified atom stereocenters. The zero-order valence-electron chi connectivity index (χ0n) is 12.9. The maximum Gasteiger partial charge on any atom is 0.329 e. The Kier molecular flexibility index (Phi) is 5.73. The number of ether oxygens (including phenoxy) is 1. The van der Waals surface area contributed by atoms with E-state index in [1.807, 2.05) is 0 Å². The fourth-order valence-electron chi connectivity index (χ4n) is 2.75. The Bertz CT molecular complexity index is 626. The number of hydrogen-bond acceptors (Lipinski definition) is 5. The second kappa shape index (κ2) is 7.56. The van der Waals surface area contributed by atoms with E-state index in [0.717, 1.165) is 36.1 Å². The van der Waals surface area contributed by atoms with Crippen molar-refractivity contribution >= 4 is 34.1 Å². The van der Waals surface area contributed by atoms with Crippen LogP contribution in [0.5, 0.6) is 0 Å². The molecular formula is C15H20N2O5S. The van der Waals surface area contributed by atoms with Gasteiger partial charge in [0.2, 0.25) is 0 Å². The van der Waals surface area contributed by atoms with E-state index < -0.39 is 24.4 Å². The molecule has 0 saturated carbocycles. The molecule has 0 radical (unpaired) electrons. The molecule has 0 saturated heterocycles. The zero-order valence-corrected chi connectivity index (χ0v) is 13.7. The summed E-state index contributed by atoms with van der Waals surface area (Å²) < 4.78 is 4.74. The topological polar surface area (TPSA) is 119 Å². The van der Waals surface area contributed by atoms with Gasteiger partial charge in [-0.05, 0) is 30.7 Å². The molecule has 1 aliphatic carbocycles. The molecule has 2 amide bonds. The Labute approximate surface area is 137 Å². The van der Waals surface area contributed by atoms with Gasteiger partial charge in [0.05, 0.1) is 5.56 Å². The molecule has 8 heteroatoms. The number of nitrogens with two attached hydrogens (primary N) is 1. The van der Waals surface area contributed by atoms with E-state index in [4.69, 9.17) is 15.6 Å². The van der Waals surface area contributed by atoms with Gasteiger partial charge in [-0.15, -0.1) is 11.3 Å². The Hall–Kier alpha value is -1.93. The summed E-state index contributed by atoms with van der Waals surface area (Å²) in [7, 11) is 0. The van der Waals surface area contributed by atoms with Crippen molar-refractivity contribution in [2.45, 2.75) is 32.6 Å². The lowest BCUT2D eigenvalue weighted by molar-refractivity contribution is -0.143. The molecule has 4 N–H and O–H groups in total. The second-order valence-electron chi connectivity index (χ2n) is 5.52. The highest BCUT2D eigenvalue weighted by Gasteiger charge is 2.28. The van der Waals surface area contributed by atoms with Crippen molar-refractivity contribution in [2.24, 2.45) is 11.7 Å². The highest BCUT2D eigenvalue weighted by molar-refractivity contribution is 7.17. The highest BCUT2D eigenvalue weighted by Crippen LogP contribution is 2.40. The lowest BCUT2D eigenvalue weighted by Gasteiger charge is -2.20. The number of aliphatic carboxylic acids is 1. The molecule has 0 bridgehead atoms. The normalized spacial score (nSPS) is 16.7. The summed E-state index contributed by atoms with van der Waals surface area (Å²) >= 11 is 1.37. The van der Waals surface area contributed by atoms with E-state index in [2.05, 4.69) is 12.2 Å². The summed E-state index contributed by atoms with van der Waals surface area (Å²) in [6.45, 7) is 1.21. The minimum atomic E-state index is -1.15. The number of carbonyl (C=O) groups excluding carboxylic acids is 2. The molecule has 7 nitrogen and oxygen atoms in total. The molecule has 1 aliphatic rings. The summed E-state index contributed by atoms with van der Waals surface area (Å²) in [6, 6.07) is 0. The Balaban J connectivity index is 2.12. The zero-order chi connectivity index (χ0) is 17.0. The highest BCUT2D eigenvalue weighted by atomic mass is 32.1. The Morgan fingerprint density at radius 1 is 1.39 bits per heavy atom. The van der Waals surface area contributed by atoms with Gasteiger partial charge in [-0.2, -0.15) is 0 Å². The summed E-state index contributed by atoms with van der Waals surface area (Å²) in [4.78, 5) is 35.0. The van der Waals surface area contributed by atoms with Crippen LogP contribution in [0.15, 0.2) is 0 Å². The van der Waals surface area contributed by atoms with Crippen LogP contribution in [-0.2, 0) is 27.2 Å². The average molecular weight is 340 g/mol. The lowest BCUT2D eigenvalue weighted by atomic mass is 9.85. The monoisotopic (exact) mass is 340 g/mol. The van der Waals surface area contributed by atoms with Gasteiger partial charge in [0.1, 0.15) is 18.2 Å². The quantitative estimate of drug-likeness (QED) is 0.693. The van der Waals surface area contributed by atoms with E-state index in [-0.39, 0.29) is 6.61 Å². The molecular weight excluding hydrogens is 320 g/mol. The number of fused-ring (bicyclic) bond motifs is 1. The first-order valence-corrected chi connectivity index (χ1v) is 8.27. The van der Waals surface area contributed by atoms with E-state index >= 15 is 0 Å². The van der Waals surface area contributed by atoms with Crippen LogP contribution in [0.4, 0.5) is 5.00 Å². The number of nitrogens with one attached hydrogen (secondary N) is 1. The third-order valence-corrected chi connectivity index (χ3v) is 5.07. The average Bonchev–Trinajstić information content (AvgIpc) is 2.83. The number of amides is 2. The first kappa shape index (κ1) is 17.4. The van der Waals surface area contributed by atoms with Crippen molar-refractivity contribution < 1.29 is 24.2 Å². The molecule has 2 rings (SSSR count). The molecule has 126 valence electrons. The maximum absolute atomic E-state index is 11.8. The van der Waals surface area contributed by atoms with Gasteiger partial charge < -0.3 is 20.9 Å². The molecule has 1 aromatic heterocycles. The summed E-state index contributed by atoms with van der Waals surface area (Å²) in [6.07, 6.45) is 3.76. The third-order valence-electron chi connectivity index (χ3n) is 3.90. The predicted molar refractivity (Wildman–Crippen MR) is 85.7 cm³/mol. The van der Waals surface area contributed by atoms with E-state index in [0.29, 0.717) is 16.5 Å². The van der Waals surface area contributed by atoms with Crippen molar-refractivity contribution in [1.29, 1.82) is 0 Å². The summed E-state index contributed by atoms with van der Waals surface area (Å²) in [5.41, 5.74) is 6.79. The molecule has 23 heavy (non-hydrogen) atoms. The van der Waals surface area contributed by atoms with Crippen molar-refractivity contribution in [2.75, 3.05) is 18.5 Å². The fourth-order valence-corrected chi connectivity index (χ4v) is 4.13. The molecule has 1 aromatic rings. The summed E-state index contributed by atoms with van der Waals surface area (Å²) in [5.74, 6) is -1.62. The number of carboxylic acids is 1. The Morgan fingerprint density at radius 2 is 2.13 bits per heavy atom. The first-order chi connectivity index (χ1) is 10.9. The second-order valence-corrected chi connectivity index (χ2v) is 6.63. The van der Waals surface area contributed by atoms with Crippen molar-refractivity contribution in [3.63, 3.8) is 0 Å². The molecule has 0 aromatic carbocycles. The standard InChI is InChI=1S/C15H20N2O5S/c1-2-8-3-4-9-10(5-8)23-15(13(9)14(16)21)17-11(18)6-22-7-12(19)20/h8H,2-7H2,1H3,(H2,16,21)(H,17,18)(H,19,20). The maximum atomic E-state index is 11.8. The SMILES string of the molecule is CCC1CCc2c(sc(NC(=O)COCC(=O)O)c2C(N)=O)C1. The van der Waals surface area contributed by atoms with E-state index in [9.17, 15) is 14.4 Å². The van der Waals surface area contributed by atoms with Gasteiger partial charge in [-0.25, -0.2) is 4.79 Å². The van der Waals surface area contributed by atoms with Crippen LogP contribution >= 0.6 is 11.3 Å². The van der Waals surface area contributed by atoms with Gasteiger partial charge in [-0.1, -0.05) is 13.3 Å². The van der Waals surface area contributed by atoms with Crippen LogP contribution in [-0.4, -0.2) is 36.1 Å². The van der Waals surface area contributed by atoms with Gasteiger partial charge in [0.25, 0.3) is 11.8 Å².